The van der Waals surface area contributed by atoms with Crippen molar-refractivity contribution in [2.75, 3.05) is 11.9 Å². The van der Waals surface area contributed by atoms with Crippen molar-refractivity contribution in [2.24, 2.45) is 0 Å². The van der Waals surface area contributed by atoms with Gasteiger partial charge >= 0.3 is 5.69 Å². The SMILES string of the molecule is O=c1nc(NCc2ccco2)ccn1[C@H]1CC(O)[C@@H](CO)O1. The number of ether oxygens (including phenoxy) is 1. The Kier molecular flexibility index (Phi) is 4.23. The number of aromatic nitrogens is 2. The van der Waals surface area contributed by atoms with Crippen LogP contribution < -0.4 is 11.0 Å². The van der Waals surface area contributed by atoms with Crippen LogP contribution in [0.1, 0.15) is 18.4 Å². The molecule has 2 aromatic heterocycles. The van der Waals surface area contributed by atoms with E-state index >= 15 is 0 Å². The Hall–Kier alpha value is -2.16. The normalized spacial score (nSPS) is 24.5. The summed E-state index contributed by atoms with van der Waals surface area (Å²) in [5.41, 5.74) is -0.486. The largest absolute Gasteiger partial charge is 0.467 e. The maximum Gasteiger partial charge on any atom is 0.351 e. The van der Waals surface area contributed by atoms with E-state index in [9.17, 15) is 9.90 Å². The lowest BCUT2D eigenvalue weighted by Crippen LogP contribution is -2.28. The highest BCUT2D eigenvalue weighted by atomic mass is 16.5. The molecule has 1 unspecified atom stereocenters. The summed E-state index contributed by atoms with van der Waals surface area (Å²) >= 11 is 0. The average molecular weight is 307 g/mol. The van der Waals surface area contributed by atoms with Gasteiger partial charge in [0, 0.05) is 12.6 Å². The molecule has 2 aromatic rings. The Labute approximate surface area is 126 Å². The van der Waals surface area contributed by atoms with Crippen LogP contribution in [0.4, 0.5) is 5.82 Å². The molecule has 1 aliphatic rings. The number of rotatable bonds is 5. The fraction of sp³-hybridized carbons (Fsp3) is 0.429. The Morgan fingerprint density at radius 3 is 2.95 bits per heavy atom. The summed E-state index contributed by atoms with van der Waals surface area (Å²) in [5, 5.41) is 21.8. The van der Waals surface area contributed by atoms with E-state index in [1.807, 2.05) is 6.07 Å². The summed E-state index contributed by atoms with van der Waals surface area (Å²) in [4.78, 5) is 16.0. The molecule has 0 aromatic carbocycles. The standard InChI is InChI=1S/C14H17N3O5/c18-8-11-10(19)6-13(22-11)17-4-3-12(16-14(17)20)15-7-9-2-1-5-21-9/h1-5,10-11,13,18-19H,6-8H2,(H,15,16,20)/t10?,11-,13-/m1/s1. The molecule has 1 aliphatic heterocycles. The topological polar surface area (TPSA) is 110 Å². The van der Waals surface area contributed by atoms with Crippen molar-refractivity contribution in [1.29, 1.82) is 0 Å². The molecule has 118 valence electrons. The third kappa shape index (κ3) is 3.03. The fourth-order valence-electron chi connectivity index (χ4n) is 2.37. The highest BCUT2D eigenvalue weighted by molar-refractivity contribution is 5.32. The van der Waals surface area contributed by atoms with E-state index in [1.54, 1.807) is 24.6 Å². The second-order valence-electron chi connectivity index (χ2n) is 5.05. The molecule has 1 saturated heterocycles. The molecule has 0 spiro atoms. The van der Waals surface area contributed by atoms with Crippen molar-refractivity contribution in [3.05, 3.63) is 46.9 Å². The number of aliphatic hydroxyl groups is 2. The van der Waals surface area contributed by atoms with Crippen LogP contribution in [0.5, 0.6) is 0 Å². The number of nitrogens with one attached hydrogen (secondary N) is 1. The van der Waals surface area contributed by atoms with Gasteiger partial charge in [-0.15, -0.1) is 0 Å². The Balaban J connectivity index is 1.69. The van der Waals surface area contributed by atoms with Gasteiger partial charge in [-0.25, -0.2) is 4.79 Å². The van der Waals surface area contributed by atoms with Gasteiger partial charge in [0.2, 0.25) is 0 Å². The van der Waals surface area contributed by atoms with Crippen LogP contribution in [-0.4, -0.2) is 38.6 Å². The van der Waals surface area contributed by atoms with E-state index in [0.717, 1.165) is 5.76 Å². The van der Waals surface area contributed by atoms with Crippen molar-refractivity contribution in [2.45, 2.75) is 31.4 Å². The molecular formula is C14H17N3O5. The molecule has 3 atom stereocenters. The van der Waals surface area contributed by atoms with Crippen molar-refractivity contribution in [1.82, 2.24) is 9.55 Å². The Bertz CT molecular complexity index is 669. The van der Waals surface area contributed by atoms with Gasteiger partial charge in [-0.3, -0.25) is 4.57 Å². The highest BCUT2D eigenvalue weighted by Crippen LogP contribution is 2.27. The van der Waals surface area contributed by atoms with Crippen LogP contribution in [0, 0.1) is 0 Å². The van der Waals surface area contributed by atoms with Gasteiger partial charge in [0.15, 0.2) is 0 Å². The number of hydrogen-bond donors (Lipinski definition) is 3. The van der Waals surface area contributed by atoms with Gasteiger partial charge in [0.1, 0.15) is 23.9 Å². The summed E-state index contributed by atoms with van der Waals surface area (Å²) in [6.07, 6.45) is 1.28. The minimum absolute atomic E-state index is 0.242. The molecule has 0 amide bonds. The van der Waals surface area contributed by atoms with Crippen LogP contribution in [0.3, 0.4) is 0 Å². The van der Waals surface area contributed by atoms with Crippen molar-refractivity contribution in [3.8, 4) is 0 Å². The van der Waals surface area contributed by atoms with Crippen LogP contribution in [-0.2, 0) is 11.3 Å². The monoisotopic (exact) mass is 307 g/mol. The lowest BCUT2D eigenvalue weighted by Gasteiger charge is -2.14. The number of aliphatic hydroxyl groups excluding tert-OH is 2. The highest BCUT2D eigenvalue weighted by Gasteiger charge is 2.34. The summed E-state index contributed by atoms with van der Waals surface area (Å²) in [6, 6.07) is 5.24. The van der Waals surface area contributed by atoms with E-state index in [4.69, 9.17) is 14.3 Å². The first kappa shape index (κ1) is 14.8. The smallest absolute Gasteiger partial charge is 0.351 e. The van der Waals surface area contributed by atoms with Gasteiger partial charge < -0.3 is 24.7 Å². The number of furan rings is 1. The first-order chi connectivity index (χ1) is 10.7. The van der Waals surface area contributed by atoms with E-state index < -0.39 is 24.1 Å². The van der Waals surface area contributed by atoms with Crippen LogP contribution >= 0.6 is 0 Å². The average Bonchev–Trinajstić information content (AvgIpc) is 3.14. The number of hydrogen-bond acceptors (Lipinski definition) is 7. The number of anilines is 1. The minimum Gasteiger partial charge on any atom is -0.467 e. The first-order valence-electron chi connectivity index (χ1n) is 6.97. The summed E-state index contributed by atoms with van der Waals surface area (Å²) in [7, 11) is 0. The van der Waals surface area contributed by atoms with E-state index in [1.165, 1.54) is 4.57 Å². The van der Waals surface area contributed by atoms with Crippen LogP contribution in [0.15, 0.2) is 39.9 Å². The van der Waals surface area contributed by atoms with Gasteiger partial charge in [-0.2, -0.15) is 4.98 Å². The molecule has 3 heterocycles. The van der Waals surface area contributed by atoms with E-state index in [2.05, 4.69) is 10.3 Å². The van der Waals surface area contributed by atoms with E-state index in [-0.39, 0.29) is 13.0 Å². The molecule has 0 saturated carbocycles. The first-order valence-corrected chi connectivity index (χ1v) is 6.97. The fourth-order valence-corrected chi connectivity index (χ4v) is 2.37. The molecule has 0 bridgehead atoms. The van der Waals surface area contributed by atoms with Crippen LogP contribution in [0.2, 0.25) is 0 Å². The minimum atomic E-state index is -0.793. The maximum absolute atomic E-state index is 12.1. The zero-order valence-electron chi connectivity index (χ0n) is 11.8. The molecule has 3 rings (SSSR count). The Morgan fingerprint density at radius 2 is 2.32 bits per heavy atom. The summed E-state index contributed by atoms with van der Waals surface area (Å²) in [5.74, 6) is 1.16. The molecule has 8 nitrogen and oxygen atoms in total. The van der Waals surface area contributed by atoms with E-state index in [0.29, 0.717) is 12.4 Å². The third-order valence-corrected chi connectivity index (χ3v) is 3.55. The van der Waals surface area contributed by atoms with Crippen molar-refractivity contribution in [3.63, 3.8) is 0 Å². The molecule has 1 fully saturated rings. The third-order valence-electron chi connectivity index (χ3n) is 3.55. The summed E-state index contributed by atoms with van der Waals surface area (Å²) in [6.45, 7) is 0.136. The molecule has 22 heavy (non-hydrogen) atoms. The van der Waals surface area contributed by atoms with Gasteiger partial charge in [0.05, 0.1) is 25.5 Å². The zero-order chi connectivity index (χ0) is 15.5. The second kappa shape index (κ2) is 6.30. The van der Waals surface area contributed by atoms with Gasteiger partial charge in [0.25, 0.3) is 0 Å². The molecule has 0 radical (unpaired) electrons. The predicted molar refractivity (Wildman–Crippen MR) is 76.2 cm³/mol. The molecular weight excluding hydrogens is 290 g/mol. The lowest BCUT2D eigenvalue weighted by molar-refractivity contribution is -0.0458. The zero-order valence-corrected chi connectivity index (χ0v) is 11.8. The Morgan fingerprint density at radius 1 is 1.45 bits per heavy atom. The number of nitrogens with zero attached hydrogens (tertiary/aromatic N) is 2. The van der Waals surface area contributed by atoms with Gasteiger partial charge in [-0.05, 0) is 18.2 Å². The quantitative estimate of drug-likeness (QED) is 0.718. The van der Waals surface area contributed by atoms with Gasteiger partial charge in [-0.1, -0.05) is 0 Å². The summed E-state index contributed by atoms with van der Waals surface area (Å²) < 4.78 is 11.9. The molecule has 8 heteroatoms. The van der Waals surface area contributed by atoms with Crippen molar-refractivity contribution >= 4 is 5.82 Å². The maximum atomic E-state index is 12.1. The molecule has 0 aliphatic carbocycles. The van der Waals surface area contributed by atoms with Crippen molar-refractivity contribution < 1.29 is 19.4 Å². The molecule has 3 N–H and O–H groups in total. The van der Waals surface area contributed by atoms with Crippen LogP contribution in [0.25, 0.3) is 0 Å². The lowest BCUT2D eigenvalue weighted by atomic mass is 10.2. The second-order valence-corrected chi connectivity index (χ2v) is 5.05. The predicted octanol–water partition coefficient (Wildman–Crippen LogP) is 0.0891.